The Morgan fingerprint density at radius 3 is 2.60 bits per heavy atom. The van der Waals surface area contributed by atoms with Crippen LogP contribution >= 0.6 is 11.3 Å². The standard InChI is InChI=1S/C23H27N7O4S/c1-3-34-21(33)19-14(2)26-23(35-19)29-22-27-17(12-18(28-22)30-10-8-24-9-11-30)25-13-15-4-6-16(7-5-15)20(31)32/h4-7,12,24H,3,8-11,13H2,1-2H3,(H,31,32)(H2,25,26,27,28,29). The molecule has 0 unspecified atom stereocenters. The number of carbonyl (C=O) groups is 2. The summed E-state index contributed by atoms with van der Waals surface area (Å²) < 4.78 is 5.10. The summed E-state index contributed by atoms with van der Waals surface area (Å²) in [6.45, 7) is 7.63. The second-order valence-corrected chi connectivity index (χ2v) is 8.81. The van der Waals surface area contributed by atoms with Crippen LogP contribution in [0.2, 0.25) is 0 Å². The average Bonchev–Trinajstić information content (AvgIpc) is 3.23. The van der Waals surface area contributed by atoms with E-state index in [4.69, 9.17) is 9.84 Å². The first-order valence-corrected chi connectivity index (χ1v) is 12.1. The van der Waals surface area contributed by atoms with E-state index in [-0.39, 0.29) is 5.56 Å². The van der Waals surface area contributed by atoms with Gasteiger partial charge < -0.3 is 25.4 Å². The largest absolute Gasteiger partial charge is 0.478 e. The van der Waals surface area contributed by atoms with Gasteiger partial charge in [-0.3, -0.25) is 5.32 Å². The molecule has 184 valence electrons. The zero-order valence-electron chi connectivity index (χ0n) is 19.5. The van der Waals surface area contributed by atoms with Crippen LogP contribution in [-0.2, 0) is 11.3 Å². The molecule has 0 atom stereocenters. The van der Waals surface area contributed by atoms with Gasteiger partial charge >= 0.3 is 11.9 Å². The summed E-state index contributed by atoms with van der Waals surface area (Å²) in [5, 5.41) is 19.3. The predicted octanol–water partition coefficient (Wildman–Crippen LogP) is 2.88. The number of ether oxygens (including phenoxy) is 1. The third kappa shape index (κ3) is 6.22. The Balaban J connectivity index is 1.55. The molecular weight excluding hydrogens is 470 g/mol. The molecule has 11 nitrogen and oxygen atoms in total. The lowest BCUT2D eigenvalue weighted by Gasteiger charge is -2.28. The lowest BCUT2D eigenvalue weighted by Crippen LogP contribution is -2.44. The maximum atomic E-state index is 12.2. The molecule has 0 aliphatic carbocycles. The van der Waals surface area contributed by atoms with Crippen molar-refractivity contribution in [1.29, 1.82) is 0 Å². The van der Waals surface area contributed by atoms with Crippen LogP contribution in [0.25, 0.3) is 0 Å². The molecule has 3 aromatic rings. The van der Waals surface area contributed by atoms with Gasteiger partial charge in [-0.05, 0) is 31.5 Å². The van der Waals surface area contributed by atoms with Gasteiger partial charge in [-0.1, -0.05) is 23.5 Å². The zero-order valence-corrected chi connectivity index (χ0v) is 20.3. The fraction of sp³-hybridized carbons (Fsp3) is 0.348. The highest BCUT2D eigenvalue weighted by molar-refractivity contribution is 7.17. The molecule has 1 aliphatic rings. The number of rotatable bonds is 9. The quantitative estimate of drug-likeness (QED) is 0.324. The van der Waals surface area contributed by atoms with Crippen molar-refractivity contribution in [2.24, 2.45) is 0 Å². The third-order valence-corrected chi connectivity index (χ3v) is 6.36. The number of nitrogens with zero attached hydrogens (tertiary/aromatic N) is 4. The summed E-state index contributed by atoms with van der Waals surface area (Å²) in [7, 11) is 0. The number of aromatic nitrogens is 3. The van der Waals surface area contributed by atoms with Crippen LogP contribution in [0.1, 0.15) is 38.2 Å². The fourth-order valence-electron chi connectivity index (χ4n) is 3.53. The Labute approximate surface area is 206 Å². The van der Waals surface area contributed by atoms with Gasteiger partial charge in [0.15, 0.2) is 5.13 Å². The summed E-state index contributed by atoms with van der Waals surface area (Å²) in [4.78, 5) is 39.6. The van der Waals surface area contributed by atoms with E-state index in [9.17, 15) is 9.59 Å². The van der Waals surface area contributed by atoms with E-state index < -0.39 is 11.9 Å². The SMILES string of the molecule is CCOC(=O)c1sc(Nc2nc(NCc3ccc(C(=O)O)cc3)cc(N3CCNCC3)n2)nc1C. The fourth-order valence-corrected chi connectivity index (χ4v) is 4.38. The van der Waals surface area contributed by atoms with Gasteiger partial charge in [-0.15, -0.1) is 0 Å². The van der Waals surface area contributed by atoms with Gasteiger partial charge in [0.25, 0.3) is 0 Å². The topological polar surface area (TPSA) is 142 Å². The van der Waals surface area contributed by atoms with E-state index in [1.54, 1.807) is 38.1 Å². The first-order valence-electron chi connectivity index (χ1n) is 11.3. The Morgan fingerprint density at radius 2 is 1.91 bits per heavy atom. The summed E-state index contributed by atoms with van der Waals surface area (Å²) in [6.07, 6.45) is 0. The zero-order chi connectivity index (χ0) is 24.8. The number of carbonyl (C=O) groups excluding carboxylic acids is 1. The number of anilines is 4. The van der Waals surface area contributed by atoms with Crippen LogP contribution < -0.4 is 20.9 Å². The van der Waals surface area contributed by atoms with E-state index in [2.05, 4.69) is 35.8 Å². The molecule has 12 heteroatoms. The molecule has 1 fully saturated rings. The Kier molecular flexibility index (Phi) is 7.73. The first kappa shape index (κ1) is 24.4. The minimum atomic E-state index is -0.958. The van der Waals surface area contributed by atoms with E-state index in [1.807, 2.05) is 6.07 Å². The molecule has 35 heavy (non-hydrogen) atoms. The number of aryl methyl sites for hydroxylation is 1. The number of aromatic carboxylic acids is 1. The molecule has 4 N–H and O–H groups in total. The van der Waals surface area contributed by atoms with E-state index in [0.717, 1.165) is 37.6 Å². The third-order valence-electron chi connectivity index (χ3n) is 5.30. The molecule has 0 saturated carbocycles. The van der Waals surface area contributed by atoms with Gasteiger partial charge in [-0.2, -0.15) is 9.97 Å². The van der Waals surface area contributed by atoms with Crippen molar-refractivity contribution in [2.45, 2.75) is 20.4 Å². The smallest absolute Gasteiger partial charge is 0.350 e. The molecule has 2 aromatic heterocycles. The number of benzene rings is 1. The Bertz CT molecular complexity index is 1190. The molecule has 3 heterocycles. The van der Waals surface area contributed by atoms with Crippen LogP contribution in [0.3, 0.4) is 0 Å². The van der Waals surface area contributed by atoms with Crippen molar-refractivity contribution in [3.8, 4) is 0 Å². The van der Waals surface area contributed by atoms with Crippen molar-refractivity contribution in [1.82, 2.24) is 20.3 Å². The molecule has 4 rings (SSSR count). The summed E-state index contributed by atoms with van der Waals surface area (Å²) in [5.41, 5.74) is 1.74. The second-order valence-electron chi connectivity index (χ2n) is 7.81. The Morgan fingerprint density at radius 1 is 1.17 bits per heavy atom. The van der Waals surface area contributed by atoms with Gasteiger partial charge in [0, 0.05) is 38.8 Å². The normalized spacial score (nSPS) is 13.4. The van der Waals surface area contributed by atoms with E-state index >= 15 is 0 Å². The molecule has 0 radical (unpaired) electrons. The highest BCUT2D eigenvalue weighted by Crippen LogP contribution is 2.27. The van der Waals surface area contributed by atoms with Crippen molar-refractivity contribution in [3.05, 3.63) is 52.0 Å². The van der Waals surface area contributed by atoms with Crippen molar-refractivity contribution in [3.63, 3.8) is 0 Å². The minimum Gasteiger partial charge on any atom is -0.478 e. The molecule has 1 saturated heterocycles. The molecule has 0 spiro atoms. The number of carboxylic acid groups (broad SMARTS) is 1. The maximum absolute atomic E-state index is 12.2. The first-order chi connectivity index (χ1) is 16.9. The highest BCUT2D eigenvalue weighted by Gasteiger charge is 2.19. The van der Waals surface area contributed by atoms with E-state index in [1.165, 1.54) is 11.3 Å². The van der Waals surface area contributed by atoms with Crippen molar-refractivity contribution >= 4 is 46.0 Å². The van der Waals surface area contributed by atoms with Gasteiger partial charge in [0.1, 0.15) is 16.5 Å². The van der Waals surface area contributed by atoms with E-state index in [0.29, 0.717) is 40.6 Å². The number of hydrogen-bond donors (Lipinski definition) is 4. The molecule has 1 aliphatic heterocycles. The minimum absolute atomic E-state index is 0.240. The van der Waals surface area contributed by atoms with Crippen molar-refractivity contribution in [2.75, 3.05) is 48.3 Å². The molecule has 0 bridgehead atoms. The van der Waals surface area contributed by atoms with Crippen LogP contribution in [-0.4, -0.2) is 64.8 Å². The predicted molar refractivity (Wildman–Crippen MR) is 134 cm³/mol. The molecule has 1 aromatic carbocycles. The number of esters is 1. The second kappa shape index (κ2) is 11.1. The van der Waals surface area contributed by atoms with Gasteiger partial charge in [-0.25, -0.2) is 14.6 Å². The number of piperazine rings is 1. The highest BCUT2D eigenvalue weighted by atomic mass is 32.1. The van der Waals surface area contributed by atoms with Crippen LogP contribution in [0.4, 0.5) is 22.7 Å². The summed E-state index contributed by atoms with van der Waals surface area (Å²) in [5.74, 6) is 0.375. The maximum Gasteiger partial charge on any atom is 0.350 e. The Hall–Kier alpha value is -3.77. The van der Waals surface area contributed by atoms with Gasteiger partial charge in [0.2, 0.25) is 5.95 Å². The van der Waals surface area contributed by atoms with Crippen molar-refractivity contribution < 1.29 is 19.4 Å². The lowest BCUT2D eigenvalue weighted by atomic mass is 10.1. The number of nitrogens with one attached hydrogen (secondary N) is 3. The summed E-state index contributed by atoms with van der Waals surface area (Å²) in [6, 6.07) is 8.57. The van der Waals surface area contributed by atoms with Gasteiger partial charge in [0.05, 0.1) is 17.9 Å². The average molecular weight is 498 g/mol. The van der Waals surface area contributed by atoms with Crippen LogP contribution in [0.5, 0.6) is 0 Å². The monoisotopic (exact) mass is 497 g/mol. The van der Waals surface area contributed by atoms with Crippen LogP contribution in [0.15, 0.2) is 30.3 Å². The van der Waals surface area contributed by atoms with Crippen LogP contribution in [0, 0.1) is 6.92 Å². The molecule has 0 amide bonds. The lowest BCUT2D eigenvalue weighted by molar-refractivity contribution is 0.0530. The number of thiazole rings is 1. The summed E-state index contributed by atoms with van der Waals surface area (Å²) >= 11 is 1.19. The number of carboxylic acids is 1. The number of hydrogen-bond acceptors (Lipinski definition) is 11. The molecular formula is C23H27N7O4S.